The Morgan fingerprint density at radius 2 is 1.40 bits per heavy atom. The van der Waals surface area contributed by atoms with E-state index in [1.54, 1.807) is 0 Å². The van der Waals surface area contributed by atoms with Crippen molar-refractivity contribution >= 4 is 17.6 Å². The van der Waals surface area contributed by atoms with Crippen LogP contribution in [0, 0.1) is 0 Å². The van der Waals surface area contributed by atoms with E-state index >= 15 is 0 Å². The minimum Gasteiger partial charge on any atom is -0.351 e. The lowest BCUT2D eigenvalue weighted by molar-refractivity contribution is -0.126. The smallest absolute Gasteiger partial charge is 0.220 e. The first-order chi connectivity index (χ1) is 9.39. The zero-order valence-electron chi connectivity index (χ0n) is 12.4. The zero-order valence-corrected chi connectivity index (χ0v) is 12.4. The van der Waals surface area contributed by atoms with Crippen LogP contribution in [0.15, 0.2) is 0 Å². The third kappa shape index (κ3) is 3.19. The molecular formula is C15H24N2O3. The molecule has 2 saturated carbocycles. The molecule has 2 fully saturated rings. The molecule has 20 heavy (non-hydrogen) atoms. The number of hydrogen-bond acceptors (Lipinski definition) is 3. The summed E-state index contributed by atoms with van der Waals surface area (Å²) >= 11 is 0. The van der Waals surface area contributed by atoms with Crippen molar-refractivity contribution < 1.29 is 14.4 Å². The number of carbonyl (C=O) groups excluding carboxylic acids is 3. The number of nitrogens with one attached hydrogen (secondary N) is 2. The SMILES string of the molecule is CCC(=O)NC12CCC(NC(=O)CCC(C)=O)(CC1)C2. The van der Waals surface area contributed by atoms with Gasteiger partial charge in [-0.1, -0.05) is 6.92 Å². The van der Waals surface area contributed by atoms with Gasteiger partial charge in [-0.25, -0.2) is 0 Å². The van der Waals surface area contributed by atoms with Crippen molar-refractivity contribution in [2.45, 2.75) is 76.3 Å². The molecule has 0 aromatic heterocycles. The second kappa shape index (κ2) is 5.54. The summed E-state index contributed by atoms with van der Waals surface area (Å²) in [6.45, 7) is 3.36. The summed E-state index contributed by atoms with van der Waals surface area (Å²) in [5.41, 5.74) is -0.268. The van der Waals surface area contributed by atoms with E-state index in [-0.39, 0.29) is 35.1 Å². The maximum absolute atomic E-state index is 11.9. The number of hydrogen-bond donors (Lipinski definition) is 2. The first kappa shape index (κ1) is 15.0. The summed E-state index contributed by atoms with van der Waals surface area (Å²) in [6.07, 6.45) is 5.62. The van der Waals surface area contributed by atoms with Crippen molar-refractivity contribution in [3.63, 3.8) is 0 Å². The molecule has 0 heterocycles. The van der Waals surface area contributed by atoms with Crippen molar-refractivity contribution in [3.05, 3.63) is 0 Å². The average Bonchev–Trinajstić information content (AvgIpc) is 2.91. The molecule has 0 aromatic carbocycles. The van der Waals surface area contributed by atoms with E-state index in [9.17, 15) is 14.4 Å². The molecule has 0 saturated heterocycles. The summed E-state index contributed by atoms with van der Waals surface area (Å²) in [6, 6.07) is 0. The van der Waals surface area contributed by atoms with Gasteiger partial charge < -0.3 is 15.4 Å². The first-order valence-corrected chi connectivity index (χ1v) is 7.50. The van der Waals surface area contributed by atoms with Crippen LogP contribution in [0.2, 0.25) is 0 Å². The molecule has 2 N–H and O–H groups in total. The van der Waals surface area contributed by atoms with Crippen LogP contribution in [0.3, 0.4) is 0 Å². The average molecular weight is 280 g/mol. The molecule has 2 aliphatic carbocycles. The van der Waals surface area contributed by atoms with E-state index in [1.807, 2.05) is 6.92 Å². The molecule has 0 aliphatic heterocycles. The number of amides is 2. The fourth-order valence-corrected chi connectivity index (χ4v) is 3.58. The van der Waals surface area contributed by atoms with Gasteiger partial charge in [0.15, 0.2) is 0 Å². The molecule has 0 atom stereocenters. The first-order valence-electron chi connectivity index (χ1n) is 7.50. The molecule has 2 amide bonds. The molecule has 112 valence electrons. The van der Waals surface area contributed by atoms with Crippen LogP contribution in [-0.2, 0) is 14.4 Å². The molecule has 0 aromatic rings. The predicted molar refractivity (Wildman–Crippen MR) is 75.0 cm³/mol. The summed E-state index contributed by atoms with van der Waals surface area (Å²) in [4.78, 5) is 34.5. The Morgan fingerprint density at radius 1 is 0.900 bits per heavy atom. The maximum Gasteiger partial charge on any atom is 0.220 e. The Labute approximate surface area is 119 Å². The van der Waals surface area contributed by atoms with Crippen molar-refractivity contribution in [2.75, 3.05) is 0 Å². The topological polar surface area (TPSA) is 75.3 Å². The molecule has 0 radical (unpaired) electrons. The Kier molecular flexibility index (Phi) is 4.16. The van der Waals surface area contributed by atoms with Gasteiger partial charge in [0.05, 0.1) is 0 Å². The number of Topliss-reactive ketones (excluding diaryl/α,β-unsaturated/α-hetero) is 1. The fourth-order valence-electron chi connectivity index (χ4n) is 3.58. The highest BCUT2D eigenvalue weighted by atomic mass is 16.2. The molecule has 5 heteroatoms. The molecule has 2 rings (SSSR count). The van der Waals surface area contributed by atoms with Gasteiger partial charge in [0, 0.05) is 30.3 Å². The van der Waals surface area contributed by atoms with Gasteiger partial charge in [0.25, 0.3) is 0 Å². The second-order valence-corrected chi connectivity index (χ2v) is 6.39. The Morgan fingerprint density at radius 3 is 1.85 bits per heavy atom. The van der Waals surface area contributed by atoms with Crippen LogP contribution >= 0.6 is 0 Å². The lowest BCUT2D eigenvalue weighted by Crippen LogP contribution is -2.46. The van der Waals surface area contributed by atoms with E-state index in [1.165, 1.54) is 6.92 Å². The fraction of sp³-hybridized carbons (Fsp3) is 0.800. The highest BCUT2D eigenvalue weighted by Crippen LogP contribution is 2.50. The quantitative estimate of drug-likeness (QED) is 0.773. The minimum absolute atomic E-state index is 0.0417. The highest BCUT2D eigenvalue weighted by Gasteiger charge is 2.55. The Hall–Kier alpha value is -1.39. The van der Waals surface area contributed by atoms with Crippen molar-refractivity contribution in [1.82, 2.24) is 10.6 Å². The van der Waals surface area contributed by atoms with E-state index in [0.29, 0.717) is 12.8 Å². The van der Waals surface area contributed by atoms with Crippen molar-refractivity contribution in [2.24, 2.45) is 0 Å². The van der Waals surface area contributed by atoms with Crippen LogP contribution in [0.5, 0.6) is 0 Å². The van der Waals surface area contributed by atoms with E-state index in [4.69, 9.17) is 0 Å². The molecule has 2 aliphatic rings. The number of fused-ring (bicyclic) bond motifs is 2. The third-order valence-corrected chi connectivity index (χ3v) is 4.68. The van der Waals surface area contributed by atoms with Crippen molar-refractivity contribution in [3.8, 4) is 0 Å². The van der Waals surface area contributed by atoms with Crippen LogP contribution in [0.25, 0.3) is 0 Å². The summed E-state index contributed by atoms with van der Waals surface area (Å²) < 4.78 is 0. The Bertz CT molecular complexity index is 423. The van der Waals surface area contributed by atoms with Crippen LogP contribution in [-0.4, -0.2) is 28.7 Å². The van der Waals surface area contributed by atoms with Gasteiger partial charge in [-0.3, -0.25) is 9.59 Å². The lowest BCUT2D eigenvalue weighted by atomic mass is 9.91. The predicted octanol–water partition coefficient (Wildman–Crippen LogP) is 1.45. The highest BCUT2D eigenvalue weighted by molar-refractivity contribution is 5.84. The standard InChI is InChI=1S/C15H24N2O3/c1-3-12(19)16-14-6-8-15(10-14,9-7-14)17-13(20)5-4-11(2)18/h3-10H2,1-2H3,(H,16,19)(H,17,20). The van der Waals surface area contributed by atoms with E-state index in [0.717, 1.165) is 32.1 Å². The second-order valence-electron chi connectivity index (χ2n) is 6.39. The normalized spacial score (nSPS) is 31.1. The van der Waals surface area contributed by atoms with Gasteiger partial charge in [0.1, 0.15) is 5.78 Å². The number of ketones is 1. The van der Waals surface area contributed by atoms with E-state index in [2.05, 4.69) is 10.6 Å². The molecule has 0 spiro atoms. The summed E-state index contributed by atoms with van der Waals surface area (Å²) in [7, 11) is 0. The molecular weight excluding hydrogens is 256 g/mol. The van der Waals surface area contributed by atoms with Crippen molar-refractivity contribution in [1.29, 1.82) is 0 Å². The van der Waals surface area contributed by atoms with Gasteiger partial charge in [-0.2, -0.15) is 0 Å². The minimum atomic E-state index is -0.158. The van der Waals surface area contributed by atoms with Gasteiger partial charge >= 0.3 is 0 Å². The monoisotopic (exact) mass is 280 g/mol. The van der Waals surface area contributed by atoms with E-state index < -0.39 is 0 Å². The number of rotatable bonds is 6. The van der Waals surface area contributed by atoms with Crippen LogP contribution in [0.1, 0.15) is 65.2 Å². The maximum atomic E-state index is 11.9. The van der Waals surface area contributed by atoms with Gasteiger partial charge in [-0.05, 0) is 39.0 Å². The third-order valence-electron chi connectivity index (χ3n) is 4.68. The van der Waals surface area contributed by atoms with Crippen LogP contribution in [0.4, 0.5) is 0 Å². The largest absolute Gasteiger partial charge is 0.351 e. The molecule has 0 unspecified atom stereocenters. The Balaban J connectivity index is 1.90. The summed E-state index contributed by atoms with van der Waals surface area (Å²) in [5, 5.41) is 6.25. The number of carbonyl (C=O) groups is 3. The zero-order chi connectivity index (χ0) is 14.8. The molecule has 5 nitrogen and oxygen atoms in total. The van der Waals surface area contributed by atoms with Crippen LogP contribution < -0.4 is 10.6 Å². The van der Waals surface area contributed by atoms with Gasteiger partial charge in [-0.15, -0.1) is 0 Å². The molecule has 2 bridgehead atoms. The lowest BCUT2D eigenvalue weighted by Gasteiger charge is -2.29. The van der Waals surface area contributed by atoms with Gasteiger partial charge in [0.2, 0.25) is 11.8 Å². The summed E-state index contributed by atoms with van der Waals surface area (Å²) in [5.74, 6) is 0.0883.